The summed E-state index contributed by atoms with van der Waals surface area (Å²) >= 11 is 0. The maximum Gasteiger partial charge on any atom is 0.209 e. The fourth-order valence-corrected chi connectivity index (χ4v) is 1.48. The predicted molar refractivity (Wildman–Crippen MR) is 55.2 cm³/mol. The predicted octanol–water partition coefficient (Wildman–Crippen LogP) is -1.27. The highest BCUT2D eigenvalue weighted by molar-refractivity contribution is 7.89. The molecule has 0 aromatic heterocycles. The maximum atomic E-state index is 10.5. The Kier molecular flexibility index (Phi) is 3.70. The van der Waals surface area contributed by atoms with Gasteiger partial charge in [0.05, 0.1) is 5.75 Å². The third-order valence-electron chi connectivity index (χ3n) is 1.80. The molecule has 1 rings (SSSR count). The lowest BCUT2D eigenvalue weighted by molar-refractivity contribution is 0.595. The van der Waals surface area contributed by atoms with Crippen LogP contribution in [-0.2, 0) is 10.0 Å². The van der Waals surface area contributed by atoms with Crippen molar-refractivity contribution in [2.75, 3.05) is 12.3 Å². The van der Waals surface area contributed by atoms with Crippen molar-refractivity contribution in [2.24, 2.45) is 15.9 Å². The molecule has 0 saturated heterocycles. The zero-order chi connectivity index (χ0) is 10.6. The van der Waals surface area contributed by atoms with E-state index in [9.17, 15) is 8.42 Å². The van der Waals surface area contributed by atoms with Gasteiger partial charge in [0.2, 0.25) is 10.0 Å². The van der Waals surface area contributed by atoms with E-state index >= 15 is 0 Å². The van der Waals surface area contributed by atoms with Crippen LogP contribution in [0.4, 0.5) is 0 Å². The largest absolute Gasteiger partial charge is 0.370 e. The number of sulfonamides is 1. The molecule has 1 aliphatic carbocycles. The second-order valence-corrected chi connectivity index (χ2v) is 5.14. The first-order valence-electron chi connectivity index (χ1n) is 4.54. The van der Waals surface area contributed by atoms with Gasteiger partial charge in [0.25, 0.3) is 0 Å². The molecule has 0 aromatic rings. The minimum atomic E-state index is -3.36. The smallest absolute Gasteiger partial charge is 0.209 e. The first kappa shape index (κ1) is 11.3. The van der Waals surface area contributed by atoms with Crippen LogP contribution in [-0.4, -0.2) is 32.7 Å². The molecule has 0 aromatic carbocycles. The van der Waals surface area contributed by atoms with Gasteiger partial charge in [0.15, 0.2) is 5.96 Å². The Morgan fingerprint density at radius 1 is 1.50 bits per heavy atom. The number of hydrogen-bond acceptors (Lipinski definition) is 3. The SMILES string of the molecule is NC(=NCCCS(N)(=O)=O)NC1CC1. The molecule has 0 aliphatic heterocycles. The van der Waals surface area contributed by atoms with E-state index in [1.807, 2.05) is 0 Å². The summed E-state index contributed by atoms with van der Waals surface area (Å²) in [5, 5.41) is 7.82. The number of nitrogens with one attached hydrogen (secondary N) is 1. The molecule has 0 heterocycles. The van der Waals surface area contributed by atoms with E-state index in [4.69, 9.17) is 10.9 Å². The first-order valence-corrected chi connectivity index (χ1v) is 6.26. The zero-order valence-corrected chi connectivity index (χ0v) is 8.76. The van der Waals surface area contributed by atoms with Crippen LogP contribution in [0.3, 0.4) is 0 Å². The minimum Gasteiger partial charge on any atom is -0.370 e. The Balaban J connectivity index is 2.12. The van der Waals surface area contributed by atoms with Crippen molar-refractivity contribution < 1.29 is 8.42 Å². The molecule has 1 aliphatic rings. The Bertz CT molecular complexity index is 308. The molecule has 0 radical (unpaired) electrons. The lowest BCUT2D eigenvalue weighted by Crippen LogP contribution is -2.33. The number of nitrogens with zero attached hydrogens (tertiary/aromatic N) is 1. The number of rotatable bonds is 5. The van der Waals surface area contributed by atoms with Crippen LogP contribution in [0.25, 0.3) is 0 Å². The van der Waals surface area contributed by atoms with Crippen LogP contribution >= 0.6 is 0 Å². The Morgan fingerprint density at radius 3 is 2.64 bits per heavy atom. The molecule has 1 saturated carbocycles. The van der Waals surface area contributed by atoms with Crippen molar-refractivity contribution in [2.45, 2.75) is 25.3 Å². The Morgan fingerprint density at radius 2 is 2.14 bits per heavy atom. The van der Waals surface area contributed by atoms with E-state index in [2.05, 4.69) is 10.3 Å². The number of guanidine groups is 1. The van der Waals surface area contributed by atoms with Crippen LogP contribution in [0.15, 0.2) is 4.99 Å². The highest BCUT2D eigenvalue weighted by Gasteiger charge is 2.21. The van der Waals surface area contributed by atoms with Gasteiger partial charge in [0, 0.05) is 12.6 Å². The van der Waals surface area contributed by atoms with Gasteiger partial charge in [-0.05, 0) is 19.3 Å². The second kappa shape index (κ2) is 4.61. The Labute approximate surface area is 83.8 Å². The third-order valence-corrected chi connectivity index (χ3v) is 2.66. The summed E-state index contributed by atoms with van der Waals surface area (Å²) in [5.41, 5.74) is 5.52. The molecule has 0 amide bonds. The lowest BCUT2D eigenvalue weighted by Gasteiger charge is -2.02. The third kappa shape index (κ3) is 5.76. The van der Waals surface area contributed by atoms with Gasteiger partial charge in [-0.1, -0.05) is 0 Å². The van der Waals surface area contributed by atoms with Crippen LogP contribution in [0.5, 0.6) is 0 Å². The molecule has 5 N–H and O–H groups in total. The molecule has 6 nitrogen and oxygen atoms in total. The molecule has 0 atom stereocenters. The zero-order valence-electron chi connectivity index (χ0n) is 7.94. The topological polar surface area (TPSA) is 111 Å². The van der Waals surface area contributed by atoms with Crippen LogP contribution in [0.1, 0.15) is 19.3 Å². The van der Waals surface area contributed by atoms with Crippen molar-refractivity contribution in [3.8, 4) is 0 Å². The highest BCUT2D eigenvalue weighted by atomic mass is 32.2. The van der Waals surface area contributed by atoms with Crippen molar-refractivity contribution in [3.63, 3.8) is 0 Å². The monoisotopic (exact) mass is 220 g/mol. The first-order chi connectivity index (χ1) is 6.47. The van der Waals surface area contributed by atoms with Gasteiger partial charge in [-0.2, -0.15) is 0 Å². The van der Waals surface area contributed by atoms with Crippen molar-refractivity contribution >= 4 is 16.0 Å². The van der Waals surface area contributed by atoms with E-state index < -0.39 is 10.0 Å². The second-order valence-electron chi connectivity index (χ2n) is 3.41. The fourth-order valence-electron chi connectivity index (χ4n) is 0.948. The van der Waals surface area contributed by atoms with Crippen LogP contribution < -0.4 is 16.2 Å². The summed E-state index contributed by atoms with van der Waals surface area (Å²) in [6.45, 7) is 0.391. The quantitative estimate of drug-likeness (QED) is 0.305. The highest BCUT2D eigenvalue weighted by Crippen LogP contribution is 2.17. The van der Waals surface area contributed by atoms with Gasteiger partial charge >= 0.3 is 0 Å². The van der Waals surface area contributed by atoms with Crippen LogP contribution in [0.2, 0.25) is 0 Å². The summed E-state index contributed by atoms with van der Waals surface area (Å²) < 4.78 is 21.1. The van der Waals surface area contributed by atoms with E-state index in [0.717, 1.165) is 12.8 Å². The average Bonchev–Trinajstić information content (AvgIpc) is 2.80. The molecule has 7 heteroatoms. The summed E-state index contributed by atoms with van der Waals surface area (Å²) in [6.07, 6.45) is 2.67. The van der Waals surface area contributed by atoms with E-state index in [0.29, 0.717) is 25.0 Å². The Hall–Kier alpha value is -0.820. The van der Waals surface area contributed by atoms with Gasteiger partial charge in [-0.3, -0.25) is 4.99 Å². The number of nitrogens with two attached hydrogens (primary N) is 2. The maximum absolute atomic E-state index is 10.5. The fraction of sp³-hybridized carbons (Fsp3) is 0.857. The van der Waals surface area contributed by atoms with E-state index in [1.54, 1.807) is 0 Å². The molecular formula is C7H16N4O2S. The molecule has 0 bridgehead atoms. The summed E-state index contributed by atoms with van der Waals surface area (Å²) in [4.78, 5) is 3.97. The standard InChI is InChI=1S/C7H16N4O2S/c8-7(11-6-2-3-6)10-4-1-5-14(9,12)13/h6H,1-5H2,(H3,8,10,11)(H2,9,12,13). The molecule has 0 spiro atoms. The van der Waals surface area contributed by atoms with E-state index in [1.165, 1.54) is 0 Å². The summed E-state index contributed by atoms with van der Waals surface area (Å²) in [6, 6.07) is 0.469. The lowest BCUT2D eigenvalue weighted by atomic mass is 10.5. The molecule has 82 valence electrons. The van der Waals surface area contributed by atoms with Crippen LogP contribution in [0, 0.1) is 0 Å². The normalized spacial score (nSPS) is 18.2. The number of aliphatic imine (C=N–C) groups is 1. The number of primary sulfonamides is 1. The minimum absolute atomic E-state index is 0.0484. The molecule has 0 unspecified atom stereocenters. The van der Waals surface area contributed by atoms with Crippen molar-refractivity contribution in [3.05, 3.63) is 0 Å². The van der Waals surface area contributed by atoms with Gasteiger partial charge in [0.1, 0.15) is 0 Å². The van der Waals surface area contributed by atoms with Crippen molar-refractivity contribution in [1.29, 1.82) is 0 Å². The van der Waals surface area contributed by atoms with E-state index in [-0.39, 0.29) is 5.75 Å². The molecule has 14 heavy (non-hydrogen) atoms. The molecule has 1 fully saturated rings. The average molecular weight is 220 g/mol. The number of hydrogen-bond donors (Lipinski definition) is 3. The summed E-state index contributed by atoms with van der Waals surface area (Å²) in [5.74, 6) is 0.342. The van der Waals surface area contributed by atoms with Gasteiger partial charge in [-0.15, -0.1) is 0 Å². The molecular weight excluding hydrogens is 204 g/mol. The van der Waals surface area contributed by atoms with Gasteiger partial charge in [-0.25, -0.2) is 13.6 Å². The van der Waals surface area contributed by atoms with Gasteiger partial charge < -0.3 is 11.1 Å². The summed E-state index contributed by atoms with van der Waals surface area (Å²) in [7, 11) is -3.36. The van der Waals surface area contributed by atoms with Crippen molar-refractivity contribution in [1.82, 2.24) is 5.32 Å².